The second kappa shape index (κ2) is 6.01. The van der Waals surface area contributed by atoms with Gasteiger partial charge in [-0.25, -0.2) is 8.42 Å². The van der Waals surface area contributed by atoms with E-state index in [2.05, 4.69) is 5.32 Å². The van der Waals surface area contributed by atoms with E-state index in [0.717, 1.165) is 11.1 Å². The standard InChI is InChI=1S/C18H17NO3S/c1-13(20)19-18-16-10-6-5-7-14(16)11-12-17(18)23(21,22)15-8-3-2-4-9-15/h2-10H,11-12H2,1H3,(H,19,20). The van der Waals surface area contributed by atoms with Gasteiger partial charge in [-0.3, -0.25) is 4.79 Å². The lowest BCUT2D eigenvalue weighted by atomic mass is 9.94. The lowest BCUT2D eigenvalue weighted by Crippen LogP contribution is -2.25. The van der Waals surface area contributed by atoms with E-state index in [-0.39, 0.29) is 15.7 Å². The molecular weight excluding hydrogens is 310 g/mol. The molecule has 0 fully saturated rings. The van der Waals surface area contributed by atoms with E-state index in [0.29, 0.717) is 18.5 Å². The number of carbonyl (C=O) groups excluding carboxylic acids is 1. The minimum absolute atomic E-state index is 0.247. The Balaban J connectivity index is 2.22. The van der Waals surface area contributed by atoms with Crippen LogP contribution in [0.3, 0.4) is 0 Å². The van der Waals surface area contributed by atoms with Crippen molar-refractivity contribution < 1.29 is 13.2 Å². The molecular formula is C18H17NO3S. The van der Waals surface area contributed by atoms with Gasteiger partial charge in [0.05, 0.1) is 15.5 Å². The fourth-order valence-corrected chi connectivity index (χ4v) is 4.43. The summed E-state index contributed by atoms with van der Waals surface area (Å²) < 4.78 is 26.0. The molecule has 5 heteroatoms. The van der Waals surface area contributed by atoms with Gasteiger partial charge < -0.3 is 5.32 Å². The van der Waals surface area contributed by atoms with Crippen LogP contribution >= 0.6 is 0 Å². The number of rotatable bonds is 3. The first-order valence-electron chi connectivity index (χ1n) is 7.39. The van der Waals surface area contributed by atoms with Gasteiger partial charge in [0.2, 0.25) is 15.7 Å². The van der Waals surface area contributed by atoms with Crippen LogP contribution in [0.1, 0.15) is 24.5 Å². The predicted octanol–water partition coefficient (Wildman–Crippen LogP) is 2.91. The fourth-order valence-electron chi connectivity index (χ4n) is 2.83. The second-order valence-electron chi connectivity index (χ2n) is 5.45. The van der Waals surface area contributed by atoms with E-state index >= 15 is 0 Å². The lowest BCUT2D eigenvalue weighted by Gasteiger charge is -2.23. The third-order valence-electron chi connectivity index (χ3n) is 3.87. The number of hydrogen-bond acceptors (Lipinski definition) is 3. The highest BCUT2D eigenvalue weighted by atomic mass is 32.2. The van der Waals surface area contributed by atoms with Crippen LogP contribution in [0.5, 0.6) is 0 Å². The van der Waals surface area contributed by atoms with Crippen molar-refractivity contribution in [3.05, 3.63) is 70.6 Å². The molecule has 3 rings (SSSR count). The first kappa shape index (κ1) is 15.5. The smallest absolute Gasteiger partial charge is 0.221 e. The molecule has 0 aliphatic heterocycles. The summed E-state index contributed by atoms with van der Waals surface area (Å²) in [5.41, 5.74) is 2.23. The number of carbonyl (C=O) groups is 1. The molecule has 0 spiro atoms. The summed E-state index contributed by atoms with van der Waals surface area (Å²) in [6.07, 6.45) is 1.02. The summed E-state index contributed by atoms with van der Waals surface area (Å²) in [5.74, 6) is -0.280. The zero-order valence-electron chi connectivity index (χ0n) is 12.7. The summed E-state index contributed by atoms with van der Waals surface area (Å²) in [7, 11) is -3.63. The Hall–Kier alpha value is -2.40. The van der Waals surface area contributed by atoms with Crippen molar-refractivity contribution in [1.82, 2.24) is 5.32 Å². The Kier molecular flexibility index (Phi) is 4.05. The van der Waals surface area contributed by atoms with Crippen molar-refractivity contribution >= 4 is 21.4 Å². The van der Waals surface area contributed by atoms with Gasteiger partial charge >= 0.3 is 0 Å². The first-order valence-corrected chi connectivity index (χ1v) is 8.87. The Labute approximate surface area is 135 Å². The summed E-state index contributed by atoms with van der Waals surface area (Å²) >= 11 is 0. The molecule has 1 aliphatic carbocycles. The number of aryl methyl sites for hydroxylation is 1. The van der Waals surface area contributed by atoms with Gasteiger partial charge in [0.1, 0.15) is 0 Å². The average molecular weight is 327 g/mol. The molecule has 23 heavy (non-hydrogen) atoms. The highest BCUT2D eigenvalue weighted by Gasteiger charge is 2.29. The van der Waals surface area contributed by atoms with Crippen molar-refractivity contribution in [1.29, 1.82) is 0 Å². The normalized spacial score (nSPS) is 14.3. The molecule has 0 heterocycles. The summed E-state index contributed by atoms with van der Waals surface area (Å²) in [5, 5.41) is 2.73. The zero-order chi connectivity index (χ0) is 16.4. The largest absolute Gasteiger partial charge is 0.325 e. The minimum Gasteiger partial charge on any atom is -0.325 e. The van der Waals surface area contributed by atoms with E-state index in [1.807, 2.05) is 24.3 Å². The van der Waals surface area contributed by atoms with Gasteiger partial charge in [0.25, 0.3) is 0 Å². The molecule has 0 atom stereocenters. The monoisotopic (exact) mass is 327 g/mol. The molecule has 1 amide bonds. The predicted molar refractivity (Wildman–Crippen MR) is 89.1 cm³/mol. The van der Waals surface area contributed by atoms with Crippen LogP contribution in [0.15, 0.2) is 64.4 Å². The molecule has 0 saturated heterocycles. The van der Waals surface area contributed by atoms with E-state index in [1.165, 1.54) is 6.92 Å². The third kappa shape index (κ3) is 2.92. The topological polar surface area (TPSA) is 63.2 Å². The van der Waals surface area contributed by atoms with Crippen molar-refractivity contribution in [3.8, 4) is 0 Å². The Bertz CT molecular complexity index is 883. The second-order valence-corrected chi connectivity index (χ2v) is 7.42. The molecule has 4 nitrogen and oxygen atoms in total. The van der Waals surface area contributed by atoms with E-state index in [9.17, 15) is 13.2 Å². The zero-order valence-corrected chi connectivity index (χ0v) is 13.6. The SMILES string of the molecule is CC(=O)NC1=C(S(=O)(=O)c2ccccc2)CCc2ccccc21. The highest BCUT2D eigenvalue weighted by molar-refractivity contribution is 7.95. The first-order chi connectivity index (χ1) is 11.0. The molecule has 118 valence electrons. The maximum absolute atomic E-state index is 13.0. The molecule has 0 radical (unpaired) electrons. The van der Waals surface area contributed by atoms with Gasteiger partial charge in [-0.2, -0.15) is 0 Å². The van der Waals surface area contributed by atoms with Gasteiger partial charge in [-0.15, -0.1) is 0 Å². The molecule has 0 aromatic heterocycles. The third-order valence-corrected chi connectivity index (χ3v) is 5.82. The molecule has 0 bridgehead atoms. The number of benzene rings is 2. The number of sulfone groups is 1. The quantitative estimate of drug-likeness (QED) is 0.943. The van der Waals surface area contributed by atoms with Gasteiger partial charge in [-0.1, -0.05) is 42.5 Å². The number of allylic oxidation sites excluding steroid dienone is 1. The van der Waals surface area contributed by atoms with Crippen LogP contribution in [0.4, 0.5) is 0 Å². The maximum Gasteiger partial charge on any atom is 0.221 e. The van der Waals surface area contributed by atoms with Crippen molar-refractivity contribution in [3.63, 3.8) is 0 Å². The maximum atomic E-state index is 13.0. The van der Waals surface area contributed by atoms with E-state index < -0.39 is 9.84 Å². The van der Waals surface area contributed by atoms with Gasteiger partial charge in [0.15, 0.2) is 0 Å². The van der Waals surface area contributed by atoms with Crippen LogP contribution in [-0.4, -0.2) is 14.3 Å². The van der Waals surface area contributed by atoms with Crippen LogP contribution in [0.2, 0.25) is 0 Å². The summed E-state index contributed by atoms with van der Waals surface area (Å²) in [4.78, 5) is 12.1. The van der Waals surface area contributed by atoms with E-state index in [1.54, 1.807) is 30.3 Å². The van der Waals surface area contributed by atoms with Crippen LogP contribution in [0.25, 0.3) is 5.70 Å². The molecule has 2 aromatic rings. The van der Waals surface area contributed by atoms with Crippen LogP contribution < -0.4 is 5.32 Å². The van der Waals surface area contributed by atoms with Crippen molar-refractivity contribution in [2.75, 3.05) is 0 Å². The number of hydrogen-bond donors (Lipinski definition) is 1. The Morgan fingerprint density at radius 2 is 1.61 bits per heavy atom. The van der Waals surface area contributed by atoms with Crippen molar-refractivity contribution in [2.24, 2.45) is 0 Å². The van der Waals surface area contributed by atoms with Gasteiger partial charge in [-0.05, 0) is 30.5 Å². The van der Waals surface area contributed by atoms with Gasteiger partial charge in [0, 0.05) is 12.5 Å². The molecule has 2 aromatic carbocycles. The van der Waals surface area contributed by atoms with Crippen molar-refractivity contribution in [2.45, 2.75) is 24.7 Å². The lowest BCUT2D eigenvalue weighted by molar-refractivity contribution is -0.117. The fraction of sp³-hybridized carbons (Fsp3) is 0.167. The minimum atomic E-state index is -3.63. The average Bonchev–Trinajstić information content (AvgIpc) is 2.55. The molecule has 0 unspecified atom stereocenters. The Morgan fingerprint density at radius 1 is 0.957 bits per heavy atom. The summed E-state index contributed by atoms with van der Waals surface area (Å²) in [6.45, 7) is 1.39. The van der Waals surface area contributed by atoms with E-state index in [4.69, 9.17) is 0 Å². The number of amides is 1. The summed E-state index contributed by atoms with van der Waals surface area (Å²) in [6, 6.07) is 15.9. The number of nitrogens with one attached hydrogen (secondary N) is 1. The molecule has 0 saturated carbocycles. The molecule has 1 aliphatic rings. The van der Waals surface area contributed by atoms with Crippen LogP contribution in [0, 0.1) is 0 Å². The Morgan fingerprint density at radius 3 is 2.30 bits per heavy atom. The van der Waals surface area contributed by atoms with Crippen LogP contribution in [-0.2, 0) is 21.1 Å². The number of fused-ring (bicyclic) bond motifs is 1. The highest BCUT2D eigenvalue weighted by Crippen LogP contribution is 2.35. The molecule has 1 N–H and O–H groups in total.